The molecule has 2 aromatic rings. The molecule has 0 fully saturated rings. The maximum absolute atomic E-state index is 13.0. The summed E-state index contributed by atoms with van der Waals surface area (Å²) in [5.74, 6) is 1.61. The van der Waals surface area contributed by atoms with E-state index in [0.29, 0.717) is 48.3 Å². The van der Waals surface area contributed by atoms with Gasteiger partial charge in [0.2, 0.25) is 0 Å². The first-order valence-corrected chi connectivity index (χ1v) is 8.43. The fourth-order valence-electron chi connectivity index (χ4n) is 2.53. The molecule has 0 radical (unpaired) electrons. The van der Waals surface area contributed by atoms with Crippen LogP contribution in [0.1, 0.15) is 28.8 Å². The van der Waals surface area contributed by atoms with Crippen molar-refractivity contribution in [3.63, 3.8) is 0 Å². The number of thiophene rings is 1. The van der Waals surface area contributed by atoms with Crippen LogP contribution in [0.2, 0.25) is 0 Å². The molecule has 0 aromatic carbocycles. The third kappa shape index (κ3) is 3.20. The summed E-state index contributed by atoms with van der Waals surface area (Å²) in [6.07, 6.45) is 2.22. The molecule has 3 heterocycles. The molecule has 23 heavy (non-hydrogen) atoms. The molecule has 0 spiro atoms. The maximum atomic E-state index is 13.0. The van der Waals surface area contributed by atoms with E-state index in [-0.39, 0.29) is 18.6 Å². The van der Waals surface area contributed by atoms with Crippen LogP contribution in [0, 0.1) is 0 Å². The summed E-state index contributed by atoms with van der Waals surface area (Å²) < 4.78 is 16.5. The van der Waals surface area contributed by atoms with E-state index in [0.717, 1.165) is 0 Å². The van der Waals surface area contributed by atoms with Crippen LogP contribution in [-0.2, 0) is 6.54 Å². The first kappa shape index (κ1) is 15.9. The Bertz CT molecular complexity index is 647. The summed E-state index contributed by atoms with van der Waals surface area (Å²) in [7, 11) is 0. The summed E-state index contributed by atoms with van der Waals surface area (Å²) in [5, 5.41) is 11.4. The average Bonchev–Trinajstić information content (AvgIpc) is 3.23. The van der Waals surface area contributed by atoms with E-state index in [1.807, 2.05) is 13.0 Å². The molecule has 1 atom stereocenters. The standard InChI is InChI=1S/C16H19NO5S/c1-2-11(9-18)17(8-12-4-3-5-20-12)16(19)15-14-13(10-23-15)21-6-7-22-14/h3-5,10-11,18H,2,6-9H2,1H3. The van der Waals surface area contributed by atoms with Crippen molar-refractivity contribution in [3.05, 3.63) is 34.4 Å². The smallest absolute Gasteiger partial charge is 0.268 e. The molecule has 0 saturated heterocycles. The van der Waals surface area contributed by atoms with E-state index in [9.17, 15) is 9.90 Å². The molecule has 1 amide bonds. The molecule has 124 valence electrons. The van der Waals surface area contributed by atoms with Crippen LogP contribution in [0.25, 0.3) is 0 Å². The Labute approximate surface area is 138 Å². The zero-order chi connectivity index (χ0) is 16.2. The van der Waals surface area contributed by atoms with Crippen LogP contribution >= 0.6 is 11.3 Å². The molecule has 1 aliphatic heterocycles. The van der Waals surface area contributed by atoms with Crippen molar-refractivity contribution in [2.45, 2.75) is 25.9 Å². The van der Waals surface area contributed by atoms with Crippen LogP contribution in [0.5, 0.6) is 11.5 Å². The van der Waals surface area contributed by atoms with Crippen molar-refractivity contribution in [2.24, 2.45) is 0 Å². The van der Waals surface area contributed by atoms with Crippen molar-refractivity contribution < 1.29 is 23.8 Å². The number of aliphatic hydroxyl groups excluding tert-OH is 1. The van der Waals surface area contributed by atoms with Gasteiger partial charge in [0.15, 0.2) is 11.5 Å². The Kier molecular flexibility index (Phi) is 4.88. The largest absolute Gasteiger partial charge is 0.485 e. The Balaban J connectivity index is 1.89. The van der Waals surface area contributed by atoms with Crippen LogP contribution < -0.4 is 9.47 Å². The Morgan fingerprint density at radius 1 is 1.43 bits per heavy atom. The van der Waals surface area contributed by atoms with Crippen LogP contribution in [0.4, 0.5) is 0 Å². The van der Waals surface area contributed by atoms with E-state index < -0.39 is 0 Å². The number of aliphatic hydroxyl groups is 1. The molecule has 0 aliphatic carbocycles. The quantitative estimate of drug-likeness (QED) is 0.877. The lowest BCUT2D eigenvalue weighted by molar-refractivity contribution is 0.0542. The minimum atomic E-state index is -0.283. The van der Waals surface area contributed by atoms with Gasteiger partial charge < -0.3 is 23.9 Å². The van der Waals surface area contributed by atoms with E-state index >= 15 is 0 Å². The topological polar surface area (TPSA) is 72.1 Å². The van der Waals surface area contributed by atoms with E-state index in [1.54, 1.807) is 22.6 Å². The van der Waals surface area contributed by atoms with Gasteiger partial charge in [-0.15, -0.1) is 11.3 Å². The molecule has 7 heteroatoms. The van der Waals surface area contributed by atoms with Gasteiger partial charge >= 0.3 is 0 Å². The summed E-state index contributed by atoms with van der Waals surface area (Å²) in [6, 6.07) is 3.31. The average molecular weight is 337 g/mol. The van der Waals surface area contributed by atoms with Crippen LogP contribution in [0.3, 0.4) is 0 Å². The lowest BCUT2D eigenvalue weighted by Gasteiger charge is -2.29. The number of hydrogen-bond donors (Lipinski definition) is 1. The van der Waals surface area contributed by atoms with Crippen LogP contribution in [0.15, 0.2) is 28.2 Å². The molecule has 6 nitrogen and oxygen atoms in total. The minimum absolute atomic E-state index is 0.103. The number of amides is 1. The SMILES string of the molecule is CCC(CO)N(Cc1ccco1)C(=O)c1scc2c1OCCO2. The van der Waals surface area contributed by atoms with Crippen molar-refractivity contribution >= 4 is 17.2 Å². The van der Waals surface area contributed by atoms with Gasteiger partial charge in [0.1, 0.15) is 23.9 Å². The molecule has 1 unspecified atom stereocenters. The second-order valence-corrected chi connectivity index (χ2v) is 6.09. The van der Waals surface area contributed by atoms with Crippen molar-refractivity contribution in [1.29, 1.82) is 0 Å². The predicted octanol–water partition coefficient (Wildman–Crippen LogP) is 2.53. The van der Waals surface area contributed by atoms with Gasteiger partial charge in [0.25, 0.3) is 5.91 Å². The van der Waals surface area contributed by atoms with E-state index in [4.69, 9.17) is 13.9 Å². The number of fused-ring (bicyclic) bond motifs is 1. The molecule has 3 rings (SSSR count). The van der Waals surface area contributed by atoms with Crippen molar-refractivity contribution in [1.82, 2.24) is 4.90 Å². The van der Waals surface area contributed by atoms with Gasteiger partial charge in [-0.05, 0) is 18.6 Å². The Morgan fingerprint density at radius 2 is 2.26 bits per heavy atom. The minimum Gasteiger partial charge on any atom is -0.485 e. The molecular weight excluding hydrogens is 318 g/mol. The number of furan rings is 1. The molecule has 1 aliphatic rings. The summed E-state index contributed by atoms with van der Waals surface area (Å²) >= 11 is 1.30. The van der Waals surface area contributed by atoms with Gasteiger partial charge in [-0.25, -0.2) is 0 Å². The van der Waals surface area contributed by atoms with Crippen LogP contribution in [-0.4, -0.2) is 41.8 Å². The van der Waals surface area contributed by atoms with Gasteiger partial charge in [0, 0.05) is 5.38 Å². The predicted molar refractivity (Wildman–Crippen MR) is 85.1 cm³/mol. The molecule has 0 bridgehead atoms. The second kappa shape index (κ2) is 7.06. The highest BCUT2D eigenvalue weighted by Gasteiger charge is 2.30. The van der Waals surface area contributed by atoms with Gasteiger partial charge in [-0.3, -0.25) is 4.79 Å². The fraction of sp³-hybridized carbons (Fsp3) is 0.438. The molecule has 2 aromatic heterocycles. The monoisotopic (exact) mass is 337 g/mol. The molecule has 1 N–H and O–H groups in total. The normalized spacial score (nSPS) is 14.5. The van der Waals surface area contributed by atoms with Crippen molar-refractivity contribution in [2.75, 3.05) is 19.8 Å². The number of hydrogen-bond acceptors (Lipinski definition) is 6. The number of nitrogens with zero attached hydrogens (tertiary/aromatic N) is 1. The number of rotatable bonds is 6. The van der Waals surface area contributed by atoms with Gasteiger partial charge in [-0.2, -0.15) is 0 Å². The number of carbonyl (C=O) groups excluding carboxylic acids is 1. The highest BCUT2D eigenvalue weighted by atomic mass is 32.1. The number of carbonyl (C=O) groups is 1. The number of ether oxygens (including phenoxy) is 2. The van der Waals surface area contributed by atoms with E-state index in [1.165, 1.54) is 11.3 Å². The first-order valence-electron chi connectivity index (χ1n) is 7.55. The zero-order valence-electron chi connectivity index (χ0n) is 12.9. The third-order valence-corrected chi connectivity index (χ3v) is 4.71. The maximum Gasteiger partial charge on any atom is 0.268 e. The Morgan fingerprint density at radius 3 is 2.96 bits per heavy atom. The van der Waals surface area contributed by atoms with Gasteiger partial charge in [-0.1, -0.05) is 6.92 Å². The second-order valence-electron chi connectivity index (χ2n) is 5.21. The fourth-order valence-corrected chi connectivity index (χ4v) is 3.41. The molecular formula is C16H19NO5S. The molecule has 0 saturated carbocycles. The summed E-state index contributed by atoms with van der Waals surface area (Å²) in [5.41, 5.74) is 0. The summed E-state index contributed by atoms with van der Waals surface area (Å²) in [6.45, 7) is 3.06. The summed E-state index contributed by atoms with van der Waals surface area (Å²) in [4.78, 5) is 15.1. The highest BCUT2D eigenvalue weighted by Crippen LogP contribution is 2.40. The Hall–Kier alpha value is -1.99. The first-order chi connectivity index (χ1) is 11.2. The lowest BCUT2D eigenvalue weighted by Crippen LogP contribution is -2.41. The van der Waals surface area contributed by atoms with Gasteiger partial charge in [0.05, 0.1) is 25.5 Å². The van der Waals surface area contributed by atoms with Crippen molar-refractivity contribution in [3.8, 4) is 11.5 Å². The lowest BCUT2D eigenvalue weighted by atomic mass is 10.1. The van der Waals surface area contributed by atoms with E-state index in [2.05, 4.69) is 0 Å². The zero-order valence-corrected chi connectivity index (χ0v) is 13.7. The highest BCUT2D eigenvalue weighted by molar-refractivity contribution is 7.12. The third-order valence-electron chi connectivity index (χ3n) is 3.79.